The van der Waals surface area contributed by atoms with Gasteiger partial charge in [-0.05, 0) is 18.2 Å². The zero-order valence-electron chi connectivity index (χ0n) is 7.81. The van der Waals surface area contributed by atoms with E-state index in [0.29, 0.717) is 0 Å². The van der Waals surface area contributed by atoms with Gasteiger partial charge in [0, 0.05) is 11.8 Å². The molecule has 1 aromatic carbocycles. The van der Waals surface area contributed by atoms with Gasteiger partial charge in [0.05, 0.1) is 0 Å². The average Bonchev–Trinajstić information content (AvgIpc) is 2.14. The monoisotopic (exact) mass is 232 g/mol. The predicted molar refractivity (Wildman–Crippen MR) is 52.0 cm³/mol. The smallest absolute Gasteiger partial charge is 0.178 e. The lowest BCUT2D eigenvalue weighted by Crippen LogP contribution is -2.14. The van der Waals surface area contributed by atoms with Crippen LogP contribution in [0, 0.1) is 5.82 Å². The molecule has 0 heterocycles. The average molecular weight is 232 g/mol. The number of sulfone groups is 1. The molecule has 0 radical (unpaired) electrons. The lowest BCUT2D eigenvalue weighted by Gasteiger charge is -2.03. The van der Waals surface area contributed by atoms with E-state index >= 15 is 0 Å². The van der Waals surface area contributed by atoms with Gasteiger partial charge in [-0.2, -0.15) is 0 Å². The van der Waals surface area contributed by atoms with Gasteiger partial charge >= 0.3 is 0 Å². The quantitative estimate of drug-likeness (QED) is 0.332. The molecule has 0 aliphatic heterocycles. The normalized spacial score (nSPS) is 12.8. The van der Waals surface area contributed by atoms with Gasteiger partial charge in [-0.25, -0.2) is 12.8 Å². The number of oxime groups is 1. The highest BCUT2D eigenvalue weighted by Crippen LogP contribution is 2.15. The first-order chi connectivity index (χ1) is 6.86. The molecule has 0 atom stereocenters. The van der Waals surface area contributed by atoms with E-state index < -0.39 is 20.5 Å². The molecule has 0 fully saturated rings. The zero-order chi connectivity index (χ0) is 11.6. The van der Waals surface area contributed by atoms with Crippen molar-refractivity contribution < 1.29 is 18.0 Å². The molecule has 0 aliphatic carbocycles. The number of benzene rings is 1. The second-order valence-corrected chi connectivity index (χ2v) is 4.89. The van der Waals surface area contributed by atoms with E-state index in [1.54, 1.807) is 0 Å². The minimum atomic E-state index is -3.60. The highest BCUT2D eigenvalue weighted by molar-refractivity contribution is 7.90. The summed E-state index contributed by atoms with van der Waals surface area (Å²) in [6.07, 6.45) is 0.897. The fourth-order valence-corrected chi connectivity index (χ4v) is 1.75. The lowest BCUT2D eigenvalue weighted by molar-refractivity contribution is 0.318. The van der Waals surface area contributed by atoms with Gasteiger partial charge in [-0.1, -0.05) is 5.16 Å². The van der Waals surface area contributed by atoms with Crippen LogP contribution in [0.2, 0.25) is 0 Å². The molecule has 15 heavy (non-hydrogen) atoms. The molecule has 82 valence electrons. The van der Waals surface area contributed by atoms with Crippen LogP contribution in [0.5, 0.6) is 0 Å². The largest absolute Gasteiger partial charge is 0.409 e. The van der Waals surface area contributed by atoms with Crippen LogP contribution in [0.3, 0.4) is 0 Å². The lowest BCUT2D eigenvalue weighted by atomic mass is 10.2. The summed E-state index contributed by atoms with van der Waals surface area (Å²) in [6.45, 7) is 0. The molecule has 0 aromatic heterocycles. The number of halogens is 1. The molecule has 0 unspecified atom stereocenters. The van der Waals surface area contributed by atoms with E-state index in [4.69, 9.17) is 10.9 Å². The minimum Gasteiger partial charge on any atom is -0.409 e. The van der Waals surface area contributed by atoms with Gasteiger partial charge in [0.25, 0.3) is 0 Å². The molecule has 1 rings (SSSR count). The van der Waals surface area contributed by atoms with Crippen molar-refractivity contribution in [2.75, 3.05) is 6.26 Å². The molecule has 0 spiro atoms. The van der Waals surface area contributed by atoms with Crippen LogP contribution in [0.25, 0.3) is 0 Å². The predicted octanol–water partition coefficient (Wildman–Crippen LogP) is 0.324. The molecule has 0 aliphatic rings. The summed E-state index contributed by atoms with van der Waals surface area (Å²) in [5, 5.41) is 11.0. The number of hydrogen-bond acceptors (Lipinski definition) is 4. The van der Waals surface area contributed by atoms with Crippen molar-refractivity contribution in [3.05, 3.63) is 29.6 Å². The third-order valence-corrected chi connectivity index (χ3v) is 2.86. The second kappa shape index (κ2) is 3.85. The van der Waals surface area contributed by atoms with Crippen LogP contribution in [-0.4, -0.2) is 25.7 Å². The summed E-state index contributed by atoms with van der Waals surface area (Å²) < 4.78 is 35.4. The number of hydrogen-bond donors (Lipinski definition) is 2. The van der Waals surface area contributed by atoms with Crippen molar-refractivity contribution in [1.29, 1.82) is 0 Å². The van der Waals surface area contributed by atoms with E-state index in [2.05, 4.69) is 5.16 Å². The highest BCUT2D eigenvalue weighted by Gasteiger charge is 2.14. The maximum atomic E-state index is 13.3. The van der Waals surface area contributed by atoms with E-state index in [-0.39, 0.29) is 11.4 Å². The number of nitrogens with two attached hydrogens (primary N) is 1. The van der Waals surface area contributed by atoms with Crippen LogP contribution >= 0.6 is 0 Å². The number of rotatable bonds is 2. The molecule has 3 N–H and O–H groups in total. The van der Waals surface area contributed by atoms with Crippen LogP contribution < -0.4 is 5.73 Å². The maximum Gasteiger partial charge on any atom is 0.178 e. The molecule has 7 heteroatoms. The van der Waals surface area contributed by atoms with E-state index in [1.165, 1.54) is 6.07 Å². The Morgan fingerprint density at radius 2 is 2.13 bits per heavy atom. The molecular weight excluding hydrogens is 223 g/mol. The molecule has 5 nitrogen and oxygen atoms in total. The van der Waals surface area contributed by atoms with Crippen molar-refractivity contribution in [3.8, 4) is 0 Å². The van der Waals surface area contributed by atoms with Gasteiger partial charge in [0.15, 0.2) is 15.7 Å². The third-order valence-electron chi connectivity index (χ3n) is 1.73. The van der Waals surface area contributed by atoms with Crippen molar-refractivity contribution in [3.63, 3.8) is 0 Å². The number of nitrogens with zero attached hydrogens (tertiary/aromatic N) is 1. The standard InChI is InChI=1S/C8H9FN2O3S/c1-15(13,14)7-3-2-5(4-6(7)9)8(10)11-12/h2-4,12H,1H3,(H2,10,11). The SMILES string of the molecule is CS(=O)(=O)c1ccc(/C(N)=N/O)cc1F. The summed E-state index contributed by atoms with van der Waals surface area (Å²) in [5.41, 5.74) is 5.32. The summed E-state index contributed by atoms with van der Waals surface area (Å²) in [5.74, 6) is -1.21. The summed E-state index contributed by atoms with van der Waals surface area (Å²) in [6, 6.07) is 3.22. The Hall–Kier alpha value is -1.63. The van der Waals surface area contributed by atoms with Crippen LogP contribution in [0.15, 0.2) is 28.3 Å². The van der Waals surface area contributed by atoms with E-state index in [9.17, 15) is 12.8 Å². The van der Waals surface area contributed by atoms with E-state index in [1.807, 2.05) is 0 Å². The minimum absolute atomic E-state index is 0.113. The molecule has 0 bridgehead atoms. The Labute approximate surface area is 85.9 Å². The fraction of sp³-hybridized carbons (Fsp3) is 0.125. The topological polar surface area (TPSA) is 92.8 Å². The van der Waals surface area contributed by atoms with Gasteiger partial charge in [0.2, 0.25) is 0 Å². The van der Waals surface area contributed by atoms with E-state index in [0.717, 1.165) is 18.4 Å². The molecular formula is C8H9FN2O3S. The highest BCUT2D eigenvalue weighted by atomic mass is 32.2. The Kier molecular flexibility index (Phi) is 2.94. The van der Waals surface area contributed by atoms with Gasteiger partial charge in [-0.3, -0.25) is 0 Å². The van der Waals surface area contributed by atoms with Gasteiger partial charge in [-0.15, -0.1) is 0 Å². The third kappa shape index (κ3) is 2.44. The fourth-order valence-electron chi connectivity index (χ4n) is 1.02. The first-order valence-corrected chi connectivity index (χ1v) is 5.73. The second-order valence-electron chi connectivity index (χ2n) is 2.90. The van der Waals surface area contributed by atoms with Gasteiger partial charge in [0.1, 0.15) is 10.7 Å². The zero-order valence-corrected chi connectivity index (χ0v) is 8.62. The maximum absolute atomic E-state index is 13.3. The first kappa shape index (κ1) is 11.4. The molecule has 0 saturated carbocycles. The van der Waals surface area contributed by atoms with Crippen LogP contribution in [0.1, 0.15) is 5.56 Å². The Morgan fingerprint density at radius 3 is 2.53 bits per heavy atom. The summed E-state index contributed by atoms with van der Waals surface area (Å²) in [4.78, 5) is -0.419. The van der Waals surface area contributed by atoms with Crippen LogP contribution in [-0.2, 0) is 9.84 Å². The van der Waals surface area contributed by atoms with Crippen LogP contribution in [0.4, 0.5) is 4.39 Å². The van der Waals surface area contributed by atoms with Crippen molar-refractivity contribution in [1.82, 2.24) is 0 Å². The Bertz CT molecular complexity index is 511. The van der Waals surface area contributed by atoms with Crippen molar-refractivity contribution >= 4 is 15.7 Å². The van der Waals surface area contributed by atoms with Crippen molar-refractivity contribution in [2.24, 2.45) is 10.9 Å². The molecule has 0 saturated heterocycles. The Balaban J connectivity index is 3.33. The number of amidine groups is 1. The Morgan fingerprint density at radius 1 is 1.53 bits per heavy atom. The molecule has 0 amide bonds. The summed E-state index contributed by atoms with van der Waals surface area (Å²) in [7, 11) is -3.60. The summed E-state index contributed by atoms with van der Waals surface area (Å²) >= 11 is 0. The molecule has 1 aromatic rings. The van der Waals surface area contributed by atoms with Gasteiger partial charge < -0.3 is 10.9 Å². The van der Waals surface area contributed by atoms with Crippen molar-refractivity contribution in [2.45, 2.75) is 4.90 Å². The first-order valence-electron chi connectivity index (χ1n) is 3.84.